The lowest BCUT2D eigenvalue weighted by molar-refractivity contribution is -0.123. The van der Waals surface area contributed by atoms with Gasteiger partial charge in [-0.25, -0.2) is 9.78 Å². The van der Waals surface area contributed by atoms with Gasteiger partial charge in [-0.15, -0.1) is 0 Å². The molecule has 1 atom stereocenters. The van der Waals surface area contributed by atoms with E-state index in [1.807, 2.05) is 73.7 Å². The summed E-state index contributed by atoms with van der Waals surface area (Å²) >= 11 is 0. The molecule has 174 valence electrons. The number of carbonyl (C=O) groups is 3. The van der Waals surface area contributed by atoms with Crippen LogP contribution < -0.4 is 16.0 Å². The minimum Gasteiger partial charge on any atom is -0.348 e. The molecule has 0 saturated carbocycles. The second-order valence-electron chi connectivity index (χ2n) is 8.85. The fraction of sp³-hybridized carbons (Fsp3) is 0.143. The van der Waals surface area contributed by atoms with E-state index >= 15 is 0 Å². The highest BCUT2D eigenvalue weighted by Gasteiger charge is 2.43. The van der Waals surface area contributed by atoms with Gasteiger partial charge in [-0.2, -0.15) is 0 Å². The summed E-state index contributed by atoms with van der Waals surface area (Å²) in [6.07, 6.45) is 0. The van der Waals surface area contributed by atoms with Crippen LogP contribution in [0.2, 0.25) is 0 Å². The number of carbonyl (C=O) groups excluding carboxylic acids is 3. The molecular weight excluding hydrogens is 440 g/mol. The number of rotatable bonds is 5. The van der Waals surface area contributed by atoms with Crippen LogP contribution >= 0.6 is 0 Å². The summed E-state index contributed by atoms with van der Waals surface area (Å²) in [5.41, 5.74) is 4.58. The molecule has 4 aromatic rings. The van der Waals surface area contributed by atoms with Crippen molar-refractivity contribution in [3.8, 4) is 11.3 Å². The Labute approximate surface area is 202 Å². The predicted molar refractivity (Wildman–Crippen MR) is 134 cm³/mol. The molecule has 2 heterocycles. The van der Waals surface area contributed by atoms with E-state index in [0.29, 0.717) is 17.7 Å². The second-order valence-corrected chi connectivity index (χ2v) is 8.85. The minimum absolute atomic E-state index is 0.199. The summed E-state index contributed by atoms with van der Waals surface area (Å²) in [7, 11) is 0. The lowest BCUT2D eigenvalue weighted by Crippen LogP contribution is -2.40. The molecule has 0 spiro atoms. The van der Waals surface area contributed by atoms with E-state index in [4.69, 9.17) is 4.98 Å². The second kappa shape index (κ2) is 8.68. The molecule has 0 bridgehead atoms. The van der Waals surface area contributed by atoms with Crippen LogP contribution in [-0.4, -0.2) is 22.8 Å². The Morgan fingerprint density at radius 1 is 0.971 bits per heavy atom. The number of para-hydroxylation sites is 1. The van der Waals surface area contributed by atoms with E-state index in [2.05, 4.69) is 16.0 Å². The van der Waals surface area contributed by atoms with Crippen LogP contribution in [0, 0.1) is 6.92 Å². The summed E-state index contributed by atoms with van der Waals surface area (Å²) in [4.78, 5) is 41.7. The van der Waals surface area contributed by atoms with Crippen LogP contribution in [0.3, 0.4) is 0 Å². The molecule has 1 fully saturated rings. The normalized spacial score (nSPS) is 17.2. The number of urea groups is 1. The Kier molecular flexibility index (Phi) is 5.53. The lowest BCUT2D eigenvalue weighted by Gasteiger charge is -2.21. The molecule has 0 aliphatic carbocycles. The fourth-order valence-corrected chi connectivity index (χ4v) is 4.22. The van der Waals surface area contributed by atoms with Crippen molar-refractivity contribution in [1.82, 2.24) is 20.9 Å². The highest BCUT2D eigenvalue weighted by atomic mass is 16.2. The summed E-state index contributed by atoms with van der Waals surface area (Å²) in [6, 6.07) is 24.2. The Balaban J connectivity index is 1.38. The number of fused-ring (bicyclic) bond motifs is 1. The maximum atomic E-state index is 13.2. The average molecular weight is 465 g/mol. The molecule has 5 rings (SSSR count). The van der Waals surface area contributed by atoms with Crippen LogP contribution in [0.15, 0.2) is 78.9 Å². The predicted octanol–water partition coefficient (Wildman–Crippen LogP) is 4.19. The molecule has 1 aliphatic rings. The molecule has 3 aromatic carbocycles. The number of pyridine rings is 1. The molecule has 7 heteroatoms. The lowest BCUT2D eigenvalue weighted by atomic mass is 9.91. The SMILES string of the molecule is Cc1ccc(-c2cc(C(=O)NCc3ccc(C4(C)NC(=O)NC4=O)cc3)c3ccccc3n2)cc1. The first-order chi connectivity index (χ1) is 16.8. The number of nitrogens with zero attached hydrogens (tertiary/aromatic N) is 1. The van der Waals surface area contributed by atoms with Crippen LogP contribution in [0.4, 0.5) is 4.79 Å². The number of hydrogen-bond donors (Lipinski definition) is 3. The first-order valence-electron chi connectivity index (χ1n) is 11.3. The van der Waals surface area contributed by atoms with Crippen LogP contribution in [0.1, 0.15) is 34.0 Å². The summed E-state index contributed by atoms with van der Waals surface area (Å²) in [5.74, 6) is -0.590. The molecule has 3 N–H and O–H groups in total. The van der Waals surface area contributed by atoms with Gasteiger partial charge in [0.2, 0.25) is 0 Å². The zero-order chi connectivity index (χ0) is 24.6. The Morgan fingerprint density at radius 3 is 2.37 bits per heavy atom. The van der Waals surface area contributed by atoms with E-state index in [9.17, 15) is 14.4 Å². The van der Waals surface area contributed by atoms with Gasteiger partial charge in [0, 0.05) is 17.5 Å². The van der Waals surface area contributed by atoms with E-state index in [-0.39, 0.29) is 5.91 Å². The van der Waals surface area contributed by atoms with Gasteiger partial charge in [0.15, 0.2) is 0 Å². The zero-order valence-electron chi connectivity index (χ0n) is 19.4. The van der Waals surface area contributed by atoms with Crippen LogP contribution in [-0.2, 0) is 16.9 Å². The van der Waals surface area contributed by atoms with Crippen molar-refractivity contribution in [1.29, 1.82) is 0 Å². The Hall–Kier alpha value is -4.52. The molecule has 1 aliphatic heterocycles. The quantitative estimate of drug-likeness (QED) is 0.386. The van der Waals surface area contributed by atoms with E-state index in [1.54, 1.807) is 19.1 Å². The Morgan fingerprint density at radius 2 is 1.69 bits per heavy atom. The number of amides is 4. The van der Waals surface area contributed by atoms with Gasteiger partial charge in [-0.3, -0.25) is 14.9 Å². The highest BCUT2D eigenvalue weighted by molar-refractivity contribution is 6.08. The maximum absolute atomic E-state index is 13.2. The molecule has 1 unspecified atom stereocenters. The van der Waals surface area contributed by atoms with Crippen molar-refractivity contribution < 1.29 is 14.4 Å². The molecule has 7 nitrogen and oxygen atoms in total. The summed E-state index contributed by atoms with van der Waals surface area (Å²) in [6.45, 7) is 4.00. The summed E-state index contributed by atoms with van der Waals surface area (Å²) in [5, 5.41) is 8.69. The number of aryl methyl sites for hydroxylation is 1. The topological polar surface area (TPSA) is 100 Å². The smallest absolute Gasteiger partial charge is 0.322 e. The number of imide groups is 1. The van der Waals surface area contributed by atoms with E-state index in [0.717, 1.165) is 33.3 Å². The highest BCUT2D eigenvalue weighted by Crippen LogP contribution is 2.26. The zero-order valence-corrected chi connectivity index (χ0v) is 19.4. The third-order valence-electron chi connectivity index (χ3n) is 6.34. The van der Waals surface area contributed by atoms with Crippen LogP contribution in [0.5, 0.6) is 0 Å². The van der Waals surface area contributed by atoms with Crippen molar-refractivity contribution in [3.05, 3.63) is 101 Å². The van der Waals surface area contributed by atoms with Crippen molar-refractivity contribution in [2.24, 2.45) is 0 Å². The van der Waals surface area contributed by atoms with Gasteiger partial charge in [0.05, 0.1) is 16.8 Å². The molecule has 35 heavy (non-hydrogen) atoms. The molecule has 1 aromatic heterocycles. The van der Waals surface area contributed by atoms with E-state index < -0.39 is 17.5 Å². The van der Waals surface area contributed by atoms with Gasteiger partial charge < -0.3 is 10.6 Å². The standard InChI is InChI=1S/C28H24N4O3/c1-17-7-11-19(12-8-17)24-15-22(21-5-3-4-6-23(21)30-24)25(33)29-16-18-9-13-20(14-10-18)28(2)26(34)31-27(35)32-28/h3-15H,16H2,1-2H3,(H,29,33)(H2,31,32,34,35). The molecular formula is C28H24N4O3. The van der Waals surface area contributed by atoms with Gasteiger partial charge in [-0.05, 0) is 37.1 Å². The van der Waals surface area contributed by atoms with Gasteiger partial charge >= 0.3 is 6.03 Å². The number of hydrogen-bond acceptors (Lipinski definition) is 4. The fourth-order valence-electron chi connectivity index (χ4n) is 4.22. The minimum atomic E-state index is -1.11. The monoisotopic (exact) mass is 464 g/mol. The Bertz CT molecular complexity index is 1460. The first kappa shape index (κ1) is 22.3. The maximum Gasteiger partial charge on any atom is 0.322 e. The van der Waals surface area contributed by atoms with Crippen LogP contribution in [0.25, 0.3) is 22.2 Å². The third-order valence-corrected chi connectivity index (χ3v) is 6.34. The van der Waals surface area contributed by atoms with Crippen molar-refractivity contribution in [2.45, 2.75) is 25.9 Å². The largest absolute Gasteiger partial charge is 0.348 e. The number of nitrogens with one attached hydrogen (secondary N) is 3. The van der Waals surface area contributed by atoms with Crippen molar-refractivity contribution >= 4 is 28.7 Å². The number of benzene rings is 3. The van der Waals surface area contributed by atoms with Gasteiger partial charge in [0.1, 0.15) is 5.54 Å². The third kappa shape index (κ3) is 4.24. The first-order valence-corrected chi connectivity index (χ1v) is 11.3. The molecule has 1 saturated heterocycles. The molecule has 0 radical (unpaired) electrons. The van der Waals surface area contributed by atoms with Crippen molar-refractivity contribution in [2.75, 3.05) is 0 Å². The van der Waals surface area contributed by atoms with E-state index in [1.165, 1.54) is 0 Å². The average Bonchev–Trinajstić information content (AvgIpc) is 3.14. The number of aromatic nitrogens is 1. The summed E-state index contributed by atoms with van der Waals surface area (Å²) < 4.78 is 0. The van der Waals surface area contributed by atoms with Gasteiger partial charge in [0.25, 0.3) is 11.8 Å². The van der Waals surface area contributed by atoms with Gasteiger partial charge in [-0.1, -0.05) is 72.3 Å². The molecule has 4 amide bonds. The van der Waals surface area contributed by atoms with Crippen molar-refractivity contribution in [3.63, 3.8) is 0 Å².